The van der Waals surface area contributed by atoms with E-state index in [2.05, 4.69) is 25.7 Å². The van der Waals surface area contributed by atoms with E-state index in [1.165, 1.54) is 6.20 Å². The molecular weight excluding hydrogens is 430 g/mol. The van der Waals surface area contributed by atoms with Crippen molar-refractivity contribution in [2.24, 2.45) is 0 Å². The van der Waals surface area contributed by atoms with Gasteiger partial charge in [0.05, 0.1) is 48.0 Å². The molecule has 9 nitrogen and oxygen atoms in total. The Bertz CT molecular complexity index is 1270. The average molecular weight is 452 g/mol. The molecule has 1 aromatic carbocycles. The number of ether oxygens (including phenoxy) is 1. The maximum absolute atomic E-state index is 12.1. The number of methoxy groups -OCH3 is 1. The summed E-state index contributed by atoms with van der Waals surface area (Å²) in [7, 11) is 5.23. The third kappa shape index (κ3) is 4.63. The van der Waals surface area contributed by atoms with E-state index in [0.717, 1.165) is 11.1 Å². The Balaban J connectivity index is 1.65. The molecule has 0 atom stereocenters. The second kappa shape index (κ2) is 9.21. The highest BCUT2D eigenvalue weighted by Crippen LogP contribution is 2.33. The Hall–Kier alpha value is -3.69. The van der Waals surface area contributed by atoms with Crippen LogP contribution in [0, 0.1) is 0 Å². The van der Waals surface area contributed by atoms with E-state index in [1.54, 1.807) is 40.9 Å². The summed E-state index contributed by atoms with van der Waals surface area (Å²) in [6, 6.07) is 11.1. The monoisotopic (exact) mass is 451 g/mol. The number of fused-ring (bicyclic) bond motifs is 1. The lowest BCUT2D eigenvalue weighted by Crippen LogP contribution is -2.27. The summed E-state index contributed by atoms with van der Waals surface area (Å²) in [4.78, 5) is 22.8. The lowest BCUT2D eigenvalue weighted by atomic mass is 10.2. The standard InChI is InChI=1S/C22H22ClN7O2/c1-29(2)13-20(31)26-14-7-8-19(32-3)17(10-14)27-22-24-12-16(23)21(28-22)15-11-25-30-9-5-4-6-18(15)30/h4-12H,13H2,1-3H3,(H,26,31)(H,24,27,28). The van der Waals surface area contributed by atoms with Gasteiger partial charge in [0.25, 0.3) is 0 Å². The van der Waals surface area contributed by atoms with Crippen molar-refractivity contribution in [3.8, 4) is 17.0 Å². The second-order valence-corrected chi connectivity index (χ2v) is 7.71. The zero-order chi connectivity index (χ0) is 22.7. The van der Waals surface area contributed by atoms with Crippen LogP contribution in [0.4, 0.5) is 17.3 Å². The number of hydrogen-bond donors (Lipinski definition) is 2. The maximum atomic E-state index is 12.1. The van der Waals surface area contributed by atoms with Gasteiger partial charge in [-0.1, -0.05) is 17.7 Å². The Morgan fingerprint density at radius 2 is 2.06 bits per heavy atom. The fourth-order valence-electron chi connectivity index (χ4n) is 3.22. The van der Waals surface area contributed by atoms with Gasteiger partial charge in [-0.3, -0.25) is 4.79 Å². The number of rotatable bonds is 7. The Morgan fingerprint density at radius 3 is 2.84 bits per heavy atom. The molecule has 0 spiro atoms. The van der Waals surface area contributed by atoms with E-state index in [-0.39, 0.29) is 12.5 Å². The highest BCUT2D eigenvalue weighted by atomic mass is 35.5. The Morgan fingerprint density at radius 1 is 1.22 bits per heavy atom. The van der Waals surface area contributed by atoms with Crippen molar-refractivity contribution < 1.29 is 9.53 Å². The van der Waals surface area contributed by atoms with Gasteiger partial charge in [-0.2, -0.15) is 5.10 Å². The molecule has 0 aliphatic rings. The van der Waals surface area contributed by atoms with Gasteiger partial charge in [0.15, 0.2) is 0 Å². The Labute approximate surface area is 190 Å². The topological polar surface area (TPSA) is 96.7 Å². The zero-order valence-electron chi connectivity index (χ0n) is 17.8. The number of anilines is 3. The molecule has 1 amide bonds. The predicted octanol–water partition coefficient (Wildman–Crippen LogP) is 3.70. The molecule has 0 unspecified atom stereocenters. The number of hydrogen-bond acceptors (Lipinski definition) is 7. The average Bonchev–Trinajstić information content (AvgIpc) is 3.19. The molecule has 0 fully saturated rings. The third-order valence-corrected chi connectivity index (χ3v) is 4.89. The first-order chi connectivity index (χ1) is 15.4. The summed E-state index contributed by atoms with van der Waals surface area (Å²) >= 11 is 6.41. The first-order valence-corrected chi connectivity index (χ1v) is 10.2. The fourth-order valence-corrected chi connectivity index (χ4v) is 3.42. The normalized spacial score (nSPS) is 11.0. The third-order valence-electron chi connectivity index (χ3n) is 4.62. The molecule has 0 aliphatic carbocycles. The summed E-state index contributed by atoms with van der Waals surface area (Å²) < 4.78 is 7.20. The number of aromatic nitrogens is 4. The van der Waals surface area contributed by atoms with Crippen LogP contribution in [0.2, 0.25) is 5.02 Å². The summed E-state index contributed by atoms with van der Waals surface area (Å²) in [5.74, 6) is 0.783. The van der Waals surface area contributed by atoms with Gasteiger partial charge in [0.2, 0.25) is 11.9 Å². The van der Waals surface area contributed by atoms with Gasteiger partial charge in [0.1, 0.15) is 5.75 Å². The molecule has 0 bridgehead atoms. The molecule has 3 heterocycles. The lowest BCUT2D eigenvalue weighted by molar-refractivity contribution is -0.116. The fraction of sp³-hybridized carbons (Fsp3) is 0.182. The van der Waals surface area contributed by atoms with Crippen LogP contribution in [-0.2, 0) is 4.79 Å². The van der Waals surface area contributed by atoms with Crippen LogP contribution in [-0.4, -0.2) is 58.1 Å². The van der Waals surface area contributed by atoms with Crippen molar-refractivity contribution in [3.05, 3.63) is 60.0 Å². The van der Waals surface area contributed by atoms with E-state index >= 15 is 0 Å². The van der Waals surface area contributed by atoms with Gasteiger partial charge < -0.3 is 20.3 Å². The number of nitrogens with one attached hydrogen (secondary N) is 2. The van der Waals surface area contributed by atoms with Crippen LogP contribution >= 0.6 is 11.6 Å². The highest BCUT2D eigenvalue weighted by molar-refractivity contribution is 6.33. The largest absolute Gasteiger partial charge is 0.495 e. The minimum Gasteiger partial charge on any atom is -0.495 e. The summed E-state index contributed by atoms with van der Waals surface area (Å²) in [6.45, 7) is 0.276. The van der Waals surface area contributed by atoms with E-state index in [0.29, 0.717) is 33.8 Å². The number of amides is 1. The maximum Gasteiger partial charge on any atom is 0.238 e. The SMILES string of the molecule is COc1ccc(NC(=O)CN(C)C)cc1Nc1ncc(Cl)c(-c2cnn3ccccc23)n1. The minimum absolute atomic E-state index is 0.121. The van der Waals surface area contributed by atoms with Crippen molar-refractivity contribution in [2.45, 2.75) is 0 Å². The summed E-state index contributed by atoms with van der Waals surface area (Å²) in [5, 5.41) is 10.8. The first-order valence-electron chi connectivity index (χ1n) is 9.79. The molecule has 4 aromatic rings. The molecular formula is C22H22ClN7O2. The van der Waals surface area contributed by atoms with Crippen LogP contribution < -0.4 is 15.4 Å². The number of carbonyl (C=O) groups excluding carboxylic acids is 1. The number of halogens is 1. The van der Waals surface area contributed by atoms with E-state index in [1.807, 2.05) is 38.5 Å². The van der Waals surface area contributed by atoms with Crippen LogP contribution in [0.5, 0.6) is 5.75 Å². The van der Waals surface area contributed by atoms with Crippen molar-refractivity contribution in [1.29, 1.82) is 0 Å². The van der Waals surface area contributed by atoms with Crippen molar-refractivity contribution in [2.75, 3.05) is 38.4 Å². The molecule has 4 rings (SSSR count). The molecule has 0 saturated carbocycles. The van der Waals surface area contributed by atoms with Crippen LogP contribution in [0.1, 0.15) is 0 Å². The Kier molecular flexibility index (Phi) is 6.20. The van der Waals surface area contributed by atoms with E-state index in [4.69, 9.17) is 16.3 Å². The summed E-state index contributed by atoms with van der Waals surface area (Å²) in [6.07, 6.45) is 5.11. The molecule has 0 aliphatic heterocycles. The lowest BCUT2D eigenvalue weighted by Gasteiger charge is -2.14. The number of likely N-dealkylation sites (N-methyl/N-ethyl adjacent to an activating group) is 1. The number of nitrogens with zero attached hydrogens (tertiary/aromatic N) is 5. The highest BCUT2D eigenvalue weighted by Gasteiger charge is 2.15. The minimum atomic E-state index is -0.121. The second-order valence-electron chi connectivity index (χ2n) is 7.30. The molecule has 0 radical (unpaired) electrons. The van der Waals surface area contributed by atoms with Gasteiger partial charge in [-0.15, -0.1) is 0 Å². The first kappa shape index (κ1) is 21.5. The van der Waals surface area contributed by atoms with E-state index in [9.17, 15) is 4.79 Å². The van der Waals surface area contributed by atoms with Crippen LogP contribution in [0.15, 0.2) is 55.0 Å². The molecule has 2 N–H and O–H groups in total. The molecule has 3 aromatic heterocycles. The van der Waals surface area contributed by atoms with Crippen molar-refractivity contribution in [3.63, 3.8) is 0 Å². The number of pyridine rings is 1. The predicted molar refractivity (Wildman–Crippen MR) is 125 cm³/mol. The van der Waals surface area contributed by atoms with Crippen LogP contribution in [0.3, 0.4) is 0 Å². The molecule has 32 heavy (non-hydrogen) atoms. The van der Waals surface area contributed by atoms with Gasteiger partial charge >= 0.3 is 0 Å². The summed E-state index contributed by atoms with van der Waals surface area (Å²) in [5.41, 5.74) is 3.44. The number of carbonyl (C=O) groups is 1. The zero-order valence-corrected chi connectivity index (χ0v) is 18.6. The molecule has 10 heteroatoms. The smallest absolute Gasteiger partial charge is 0.238 e. The van der Waals surface area contributed by atoms with Gasteiger partial charge in [-0.05, 0) is 44.4 Å². The molecule has 0 saturated heterocycles. The van der Waals surface area contributed by atoms with E-state index < -0.39 is 0 Å². The quantitative estimate of drug-likeness (QED) is 0.442. The molecule has 164 valence electrons. The van der Waals surface area contributed by atoms with Crippen molar-refractivity contribution >= 4 is 40.3 Å². The van der Waals surface area contributed by atoms with Gasteiger partial charge in [-0.25, -0.2) is 14.5 Å². The van der Waals surface area contributed by atoms with Crippen LogP contribution in [0.25, 0.3) is 16.8 Å². The number of benzene rings is 1. The van der Waals surface area contributed by atoms with Gasteiger partial charge in [0, 0.05) is 17.4 Å². The van der Waals surface area contributed by atoms with Crippen molar-refractivity contribution in [1.82, 2.24) is 24.5 Å².